The maximum atomic E-state index is 11.4. The Morgan fingerprint density at radius 1 is 1.06 bits per heavy atom. The zero-order chi connectivity index (χ0) is 24.3. The number of allylic oxidation sites excluding steroid dienone is 5. The average Bonchev–Trinajstić information content (AvgIpc) is 3.25. The molecular weight excluding hydrogens is 458 g/mol. The molecule has 0 atom stereocenters. The van der Waals surface area contributed by atoms with Crippen LogP contribution in [0.15, 0.2) is 84.3 Å². The number of anilines is 2. The number of thiophene rings is 1. The fraction of sp³-hybridized carbons (Fsp3) is 0.250. The van der Waals surface area contributed by atoms with Crippen molar-refractivity contribution in [3.63, 3.8) is 0 Å². The van der Waals surface area contributed by atoms with Crippen molar-refractivity contribution in [3.8, 4) is 16.3 Å². The van der Waals surface area contributed by atoms with Gasteiger partial charge in [-0.15, -0.1) is 11.3 Å². The molecule has 2 aromatic heterocycles. The van der Waals surface area contributed by atoms with Crippen molar-refractivity contribution in [3.05, 3.63) is 89.2 Å². The number of carbonyl (C=O) groups is 1. The first-order valence-corrected chi connectivity index (χ1v) is 11.8. The number of aromatic nitrogens is 2. The molecule has 184 valence electrons. The van der Waals surface area contributed by atoms with Crippen LogP contribution in [0.4, 0.5) is 11.6 Å². The van der Waals surface area contributed by atoms with Gasteiger partial charge in [-0.3, -0.25) is 4.79 Å². The Labute approximate surface area is 212 Å². The van der Waals surface area contributed by atoms with Crippen molar-refractivity contribution in [2.24, 2.45) is 0 Å². The van der Waals surface area contributed by atoms with Gasteiger partial charge in [0.25, 0.3) is 0 Å². The summed E-state index contributed by atoms with van der Waals surface area (Å²) >= 11 is 1.43. The molecule has 0 aliphatic heterocycles. The fourth-order valence-electron chi connectivity index (χ4n) is 3.07. The van der Waals surface area contributed by atoms with Crippen LogP contribution < -0.4 is 10.1 Å². The molecule has 3 aromatic rings. The van der Waals surface area contributed by atoms with Crippen LogP contribution in [0.2, 0.25) is 0 Å². The second-order valence-electron chi connectivity index (χ2n) is 7.40. The zero-order valence-corrected chi connectivity index (χ0v) is 20.7. The molecule has 35 heavy (non-hydrogen) atoms. The van der Waals surface area contributed by atoms with Gasteiger partial charge in [-0.25, -0.2) is 9.97 Å². The van der Waals surface area contributed by atoms with Crippen LogP contribution in [0.25, 0.3) is 10.6 Å². The Kier molecular flexibility index (Phi) is 10.9. The van der Waals surface area contributed by atoms with Crippen LogP contribution in [-0.2, 0) is 4.74 Å². The van der Waals surface area contributed by atoms with Gasteiger partial charge in [-0.05, 0) is 74.4 Å². The Morgan fingerprint density at radius 2 is 1.83 bits per heavy atom. The van der Waals surface area contributed by atoms with Crippen LogP contribution in [-0.4, -0.2) is 30.0 Å². The van der Waals surface area contributed by atoms with Gasteiger partial charge < -0.3 is 14.8 Å². The minimum atomic E-state index is 0. The predicted molar refractivity (Wildman–Crippen MR) is 146 cm³/mol. The Balaban J connectivity index is 0.000000305. The molecular formula is C28H33N3O3S. The topological polar surface area (TPSA) is 73.3 Å². The summed E-state index contributed by atoms with van der Waals surface area (Å²) in [5, 5.41) is 3.15. The molecule has 6 nitrogen and oxygen atoms in total. The number of nitrogens with zero attached hydrogens (tertiary/aromatic N) is 2. The number of hydrogen-bond donors (Lipinski definition) is 1. The minimum absolute atomic E-state index is 0. The summed E-state index contributed by atoms with van der Waals surface area (Å²) in [6.07, 6.45) is 12.2. The summed E-state index contributed by atoms with van der Waals surface area (Å²) in [4.78, 5) is 21.8. The lowest BCUT2D eigenvalue weighted by molar-refractivity contribution is 0.102. The fourth-order valence-corrected chi connectivity index (χ4v) is 3.94. The summed E-state index contributed by atoms with van der Waals surface area (Å²) in [5.74, 6) is 2.30. The number of hydrogen-bond acceptors (Lipinski definition) is 7. The van der Waals surface area contributed by atoms with Gasteiger partial charge in [0.05, 0.1) is 29.7 Å². The lowest BCUT2D eigenvalue weighted by Crippen LogP contribution is -1.97. The largest absolute Gasteiger partial charge is 0.497 e. The van der Waals surface area contributed by atoms with Crippen LogP contribution in [0.5, 0.6) is 5.75 Å². The predicted octanol–water partition coefficient (Wildman–Crippen LogP) is 7.61. The first-order valence-electron chi connectivity index (χ1n) is 11.0. The molecule has 0 saturated heterocycles. The molecule has 4 rings (SSSR count). The molecule has 2 heterocycles. The van der Waals surface area contributed by atoms with E-state index in [0.717, 1.165) is 45.5 Å². The molecule has 1 aromatic carbocycles. The summed E-state index contributed by atoms with van der Waals surface area (Å²) in [6.45, 7) is 3.73. The van der Waals surface area contributed by atoms with Crippen molar-refractivity contribution in [2.75, 3.05) is 19.5 Å². The van der Waals surface area contributed by atoms with E-state index in [2.05, 4.69) is 34.4 Å². The third-order valence-corrected chi connectivity index (χ3v) is 6.25. The van der Waals surface area contributed by atoms with Gasteiger partial charge in [0.2, 0.25) is 5.95 Å². The summed E-state index contributed by atoms with van der Waals surface area (Å²) in [7, 11) is 3.33. The number of benzene rings is 1. The molecule has 7 heteroatoms. The van der Waals surface area contributed by atoms with Crippen molar-refractivity contribution < 1.29 is 14.3 Å². The standard InChI is InChI=1S/C17H15N3O2S.C10H14O.CH4/c1-11(21)15-7-8-16(23-15)14-9-10-18-17(20-14)19-12-3-5-13(22-2)6-4-12;1-3-9-5-4-6-10(11-2)8-7-9;/h3-10H,1-2H3,(H,18,19,20);4,6-8H,3,5H2,1-2H3;1H4. The Bertz CT molecular complexity index is 1190. The Morgan fingerprint density at radius 3 is 2.46 bits per heavy atom. The summed E-state index contributed by atoms with van der Waals surface area (Å²) in [5.41, 5.74) is 3.11. The number of nitrogens with one attached hydrogen (secondary N) is 1. The number of ketones is 1. The highest BCUT2D eigenvalue weighted by Gasteiger charge is 2.08. The monoisotopic (exact) mass is 491 g/mol. The van der Waals surface area contributed by atoms with E-state index >= 15 is 0 Å². The highest BCUT2D eigenvalue weighted by Crippen LogP contribution is 2.28. The van der Waals surface area contributed by atoms with Crippen LogP contribution in [0.3, 0.4) is 0 Å². The zero-order valence-electron chi connectivity index (χ0n) is 19.9. The van der Waals surface area contributed by atoms with Crippen molar-refractivity contribution in [1.82, 2.24) is 9.97 Å². The highest BCUT2D eigenvalue weighted by molar-refractivity contribution is 7.17. The minimum Gasteiger partial charge on any atom is -0.497 e. The first kappa shape index (κ1) is 27.5. The third-order valence-electron chi connectivity index (χ3n) is 5.04. The van der Waals surface area contributed by atoms with Gasteiger partial charge in [-0.2, -0.15) is 0 Å². The van der Waals surface area contributed by atoms with Crippen molar-refractivity contribution in [2.45, 2.75) is 34.1 Å². The van der Waals surface area contributed by atoms with Gasteiger partial charge in [0.15, 0.2) is 5.78 Å². The van der Waals surface area contributed by atoms with E-state index in [4.69, 9.17) is 9.47 Å². The number of rotatable bonds is 7. The first-order chi connectivity index (χ1) is 16.5. The molecule has 1 aliphatic rings. The maximum absolute atomic E-state index is 11.4. The Hall–Kier alpha value is -3.71. The van der Waals surface area contributed by atoms with Crippen LogP contribution in [0.1, 0.15) is 43.8 Å². The molecule has 1 aliphatic carbocycles. The van der Waals surface area contributed by atoms with Gasteiger partial charge in [0.1, 0.15) is 11.5 Å². The van der Waals surface area contributed by atoms with E-state index < -0.39 is 0 Å². The van der Waals surface area contributed by atoms with Crippen molar-refractivity contribution in [1.29, 1.82) is 0 Å². The number of Topliss-reactive ketones (excluding diaryl/α,β-unsaturated/α-hetero) is 1. The molecule has 0 spiro atoms. The molecule has 0 saturated carbocycles. The van der Waals surface area contributed by atoms with E-state index in [0.29, 0.717) is 5.95 Å². The lowest BCUT2D eigenvalue weighted by atomic mass is 10.1. The average molecular weight is 492 g/mol. The van der Waals surface area contributed by atoms with E-state index in [9.17, 15) is 4.79 Å². The summed E-state index contributed by atoms with van der Waals surface area (Å²) < 4.78 is 10.2. The second-order valence-corrected chi connectivity index (χ2v) is 8.48. The molecule has 0 fully saturated rings. The number of methoxy groups -OCH3 is 2. The van der Waals surface area contributed by atoms with Crippen LogP contribution >= 0.6 is 11.3 Å². The second kappa shape index (κ2) is 13.9. The molecule has 1 N–H and O–H groups in total. The summed E-state index contributed by atoms with van der Waals surface area (Å²) in [6, 6.07) is 13.1. The third kappa shape index (κ3) is 8.22. The van der Waals surface area contributed by atoms with Crippen molar-refractivity contribution >= 4 is 28.8 Å². The van der Waals surface area contributed by atoms with Gasteiger partial charge in [0, 0.05) is 11.9 Å². The normalized spacial score (nSPS) is 12.1. The number of ether oxygens (including phenoxy) is 2. The number of carbonyl (C=O) groups excluding carboxylic acids is 1. The molecule has 0 amide bonds. The molecule has 0 radical (unpaired) electrons. The van der Waals surface area contributed by atoms with E-state index in [1.165, 1.54) is 16.9 Å². The van der Waals surface area contributed by atoms with Crippen LogP contribution in [0, 0.1) is 0 Å². The quantitative estimate of drug-likeness (QED) is 0.343. The van der Waals surface area contributed by atoms with Gasteiger partial charge >= 0.3 is 0 Å². The van der Waals surface area contributed by atoms with E-state index in [1.807, 2.05) is 54.6 Å². The van der Waals surface area contributed by atoms with Gasteiger partial charge in [-0.1, -0.05) is 32.1 Å². The SMILES string of the molecule is C.CCC1=CC=C(OC)C=CC1.COc1ccc(Nc2nccc(-c3ccc(C(C)=O)s3)n2)cc1. The lowest BCUT2D eigenvalue weighted by Gasteiger charge is -2.06. The smallest absolute Gasteiger partial charge is 0.227 e. The highest BCUT2D eigenvalue weighted by atomic mass is 32.1. The molecule has 0 unspecified atom stereocenters. The van der Waals surface area contributed by atoms with E-state index in [-0.39, 0.29) is 13.2 Å². The molecule has 0 bridgehead atoms. The maximum Gasteiger partial charge on any atom is 0.227 e. The van der Waals surface area contributed by atoms with E-state index in [1.54, 1.807) is 27.3 Å².